The Bertz CT molecular complexity index is 1180. The predicted octanol–water partition coefficient (Wildman–Crippen LogP) is 4.76. The van der Waals surface area contributed by atoms with Gasteiger partial charge in [0.15, 0.2) is 5.82 Å². The summed E-state index contributed by atoms with van der Waals surface area (Å²) in [5.74, 6) is -0.693. The number of alkyl halides is 3. The van der Waals surface area contributed by atoms with Crippen molar-refractivity contribution < 1.29 is 27.8 Å². The molecular formula is C20H16ClF3N4O3. The number of pyridine rings is 2. The summed E-state index contributed by atoms with van der Waals surface area (Å²) < 4.78 is 44.0. The number of aliphatic carboxylic acids is 1. The number of imidazole rings is 1. The number of carboxylic acids is 1. The number of aromatic amines is 1. The summed E-state index contributed by atoms with van der Waals surface area (Å²) in [6.07, 6.45) is -0.880. The minimum atomic E-state index is -4.55. The van der Waals surface area contributed by atoms with Crippen molar-refractivity contribution in [1.82, 2.24) is 19.9 Å². The van der Waals surface area contributed by atoms with Crippen molar-refractivity contribution >= 4 is 17.6 Å². The number of aryl methyl sites for hydroxylation is 1. The molecular weight excluding hydrogens is 437 g/mol. The zero-order chi connectivity index (χ0) is 22.6. The molecule has 162 valence electrons. The molecule has 3 heterocycles. The van der Waals surface area contributed by atoms with Crippen molar-refractivity contribution in [1.29, 1.82) is 0 Å². The fourth-order valence-corrected chi connectivity index (χ4v) is 3.37. The number of ether oxygens (including phenoxy) is 1. The molecule has 0 bridgehead atoms. The van der Waals surface area contributed by atoms with Crippen molar-refractivity contribution in [2.24, 2.45) is 5.41 Å². The van der Waals surface area contributed by atoms with Crippen LogP contribution in [-0.2, 0) is 11.0 Å². The lowest BCUT2D eigenvalue weighted by molar-refractivity contribution is -0.143. The second-order valence-corrected chi connectivity index (χ2v) is 7.98. The van der Waals surface area contributed by atoms with Crippen molar-refractivity contribution in [2.75, 3.05) is 0 Å². The van der Waals surface area contributed by atoms with Crippen LogP contribution in [0.2, 0.25) is 5.02 Å². The average molecular weight is 453 g/mol. The third-order valence-electron chi connectivity index (χ3n) is 5.25. The Morgan fingerprint density at radius 2 is 2.00 bits per heavy atom. The van der Waals surface area contributed by atoms with E-state index in [2.05, 4.69) is 19.9 Å². The monoisotopic (exact) mass is 452 g/mol. The lowest BCUT2D eigenvalue weighted by atomic mass is 10.0. The van der Waals surface area contributed by atoms with Crippen molar-refractivity contribution in [3.05, 3.63) is 47.0 Å². The van der Waals surface area contributed by atoms with Crippen LogP contribution in [0.3, 0.4) is 0 Å². The average Bonchev–Trinajstić information content (AvgIpc) is 3.11. The first-order valence-corrected chi connectivity index (χ1v) is 9.52. The van der Waals surface area contributed by atoms with E-state index in [0.29, 0.717) is 29.6 Å². The second-order valence-electron chi connectivity index (χ2n) is 7.57. The summed E-state index contributed by atoms with van der Waals surface area (Å²) in [7, 11) is 0. The number of carbonyl (C=O) groups is 1. The summed E-state index contributed by atoms with van der Waals surface area (Å²) in [5, 5.41) is 9.32. The van der Waals surface area contributed by atoms with Crippen LogP contribution in [0.4, 0.5) is 13.2 Å². The minimum absolute atomic E-state index is 0.0895. The fraction of sp³-hybridized carbons (Fsp3) is 0.300. The van der Waals surface area contributed by atoms with Crippen LogP contribution in [0.5, 0.6) is 5.88 Å². The molecule has 1 saturated carbocycles. The number of rotatable bonds is 5. The van der Waals surface area contributed by atoms with Crippen LogP contribution in [0, 0.1) is 12.3 Å². The normalized spacial score (nSPS) is 20.5. The molecule has 2 N–H and O–H groups in total. The lowest BCUT2D eigenvalue weighted by Gasteiger charge is -2.11. The Morgan fingerprint density at radius 1 is 1.26 bits per heavy atom. The SMILES string of the molecule is Cc1cc(OC2CC2(C)C(=O)O)ncc1-c1cnc(-c2ncc(C(F)(F)F)[nH]2)c(Cl)c1. The molecule has 31 heavy (non-hydrogen) atoms. The van der Waals surface area contributed by atoms with E-state index in [0.717, 1.165) is 5.56 Å². The standard InChI is InChI=1S/C20H16ClF3N4O3/c1-9-3-15(31-14-5-19(14,2)18(29)30)25-7-11(9)10-4-12(21)16(26-6-10)17-27-8-13(28-17)20(22,23)24/h3-4,6-8,14H,5H2,1-2H3,(H,27,28)(H,29,30). The zero-order valence-electron chi connectivity index (χ0n) is 16.3. The first-order valence-electron chi connectivity index (χ1n) is 9.14. The quantitative estimate of drug-likeness (QED) is 0.579. The summed E-state index contributed by atoms with van der Waals surface area (Å²) in [6.45, 7) is 3.43. The molecule has 0 aromatic carbocycles. The number of hydrogen-bond acceptors (Lipinski definition) is 5. The Balaban J connectivity index is 1.56. The molecule has 4 rings (SSSR count). The van der Waals surface area contributed by atoms with E-state index in [1.54, 1.807) is 25.3 Å². The predicted molar refractivity (Wildman–Crippen MR) is 105 cm³/mol. The third-order valence-corrected chi connectivity index (χ3v) is 5.54. The van der Waals surface area contributed by atoms with Gasteiger partial charge in [-0.3, -0.25) is 9.78 Å². The van der Waals surface area contributed by atoms with Gasteiger partial charge in [-0.2, -0.15) is 13.2 Å². The number of carboxylic acid groups (broad SMARTS) is 1. The van der Waals surface area contributed by atoms with Gasteiger partial charge in [0.25, 0.3) is 0 Å². The van der Waals surface area contributed by atoms with Crippen molar-refractivity contribution in [3.63, 3.8) is 0 Å². The number of nitrogens with one attached hydrogen (secondary N) is 1. The molecule has 2 unspecified atom stereocenters. The molecule has 0 radical (unpaired) electrons. The van der Waals surface area contributed by atoms with Crippen LogP contribution in [0.15, 0.2) is 30.7 Å². The first kappa shape index (κ1) is 21.1. The van der Waals surface area contributed by atoms with Gasteiger partial charge in [0, 0.05) is 36.0 Å². The van der Waals surface area contributed by atoms with Crippen LogP contribution in [0.1, 0.15) is 24.6 Å². The largest absolute Gasteiger partial charge is 0.481 e. The fourth-order valence-electron chi connectivity index (χ4n) is 3.11. The van der Waals surface area contributed by atoms with Crippen LogP contribution in [-0.4, -0.2) is 37.1 Å². The van der Waals surface area contributed by atoms with Gasteiger partial charge >= 0.3 is 12.1 Å². The Hall–Kier alpha value is -3.14. The number of aromatic nitrogens is 4. The molecule has 3 aromatic heterocycles. The number of halogens is 4. The summed E-state index contributed by atoms with van der Waals surface area (Å²) in [5.41, 5.74) is 0.281. The maximum absolute atomic E-state index is 12.8. The number of H-pyrrole nitrogens is 1. The smallest absolute Gasteiger partial charge is 0.432 e. The van der Waals surface area contributed by atoms with E-state index in [-0.39, 0.29) is 16.5 Å². The zero-order valence-corrected chi connectivity index (χ0v) is 17.0. The van der Waals surface area contributed by atoms with Gasteiger partial charge in [-0.1, -0.05) is 11.6 Å². The van der Waals surface area contributed by atoms with Crippen LogP contribution < -0.4 is 4.74 Å². The summed E-state index contributed by atoms with van der Waals surface area (Å²) in [6, 6.07) is 3.24. The topological polar surface area (TPSA) is 101 Å². The maximum Gasteiger partial charge on any atom is 0.432 e. The van der Waals surface area contributed by atoms with E-state index in [4.69, 9.17) is 16.3 Å². The maximum atomic E-state index is 12.8. The van der Waals surface area contributed by atoms with Gasteiger partial charge < -0.3 is 14.8 Å². The molecule has 1 fully saturated rings. The summed E-state index contributed by atoms with van der Waals surface area (Å²) >= 11 is 6.25. The first-order chi connectivity index (χ1) is 14.5. The molecule has 1 aliphatic carbocycles. The van der Waals surface area contributed by atoms with Gasteiger partial charge in [-0.15, -0.1) is 0 Å². The molecule has 0 amide bonds. The van der Waals surface area contributed by atoms with Gasteiger partial charge in [-0.25, -0.2) is 9.97 Å². The van der Waals surface area contributed by atoms with E-state index in [9.17, 15) is 23.1 Å². The highest BCUT2D eigenvalue weighted by Gasteiger charge is 2.59. The van der Waals surface area contributed by atoms with E-state index < -0.39 is 29.4 Å². The molecule has 1 aliphatic rings. The van der Waals surface area contributed by atoms with Gasteiger partial charge in [0.05, 0.1) is 11.2 Å². The third kappa shape index (κ3) is 3.95. The lowest BCUT2D eigenvalue weighted by Crippen LogP contribution is -2.18. The van der Waals surface area contributed by atoms with E-state index in [1.807, 2.05) is 6.92 Å². The van der Waals surface area contributed by atoms with E-state index >= 15 is 0 Å². The molecule has 0 aliphatic heterocycles. The molecule has 7 nitrogen and oxygen atoms in total. The molecule has 2 atom stereocenters. The molecule has 0 spiro atoms. The Kier molecular flexibility index (Phi) is 4.92. The highest BCUT2D eigenvalue weighted by Crippen LogP contribution is 2.48. The van der Waals surface area contributed by atoms with Crippen LogP contribution in [0.25, 0.3) is 22.6 Å². The Morgan fingerprint density at radius 3 is 2.55 bits per heavy atom. The van der Waals surface area contributed by atoms with Gasteiger partial charge in [0.2, 0.25) is 5.88 Å². The highest BCUT2D eigenvalue weighted by molar-refractivity contribution is 6.33. The summed E-state index contributed by atoms with van der Waals surface area (Å²) in [4.78, 5) is 25.5. The molecule has 0 saturated heterocycles. The number of hydrogen-bond donors (Lipinski definition) is 2. The van der Waals surface area contributed by atoms with E-state index in [1.165, 1.54) is 6.20 Å². The molecule has 3 aromatic rings. The molecule has 11 heteroatoms. The van der Waals surface area contributed by atoms with Crippen LogP contribution >= 0.6 is 11.6 Å². The number of nitrogens with zero attached hydrogens (tertiary/aromatic N) is 3. The Labute approximate surface area is 179 Å². The highest BCUT2D eigenvalue weighted by atomic mass is 35.5. The van der Waals surface area contributed by atoms with Gasteiger partial charge in [0.1, 0.15) is 22.9 Å². The van der Waals surface area contributed by atoms with Crippen molar-refractivity contribution in [3.8, 4) is 28.5 Å². The van der Waals surface area contributed by atoms with Gasteiger partial charge in [-0.05, 0) is 25.5 Å². The van der Waals surface area contributed by atoms with Crippen molar-refractivity contribution in [2.45, 2.75) is 32.5 Å². The second kappa shape index (κ2) is 7.23. The minimum Gasteiger partial charge on any atom is -0.481 e.